The minimum absolute atomic E-state index is 0.194. The molecular formula is C40H28FNO2. The van der Waals surface area contributed by atoms with Gasteiger partial charge in [-0.25, -0.2) is 4.39 Å². The van der Waals surface area contributed by atoms with E-state index in [4.69, 9.17) is 0 Å². The van der Waals surface area contributed by atoms with E-state index in [0.717, 1.165) is 44.2 Å². The number of para-hydroxylation sites is 1. The number of fused-ring (bicyclic) bond motifs is 6. The van der Waals surface area contributed by atoms with Gasteiger partial charge >= 0.3 is 0 Å². The zero-order chi connectivity index (χ0) is 30.3. The Morgan fingerprint density at radius 3 is 2.07 bits per heavy atom. The number of hydrogen-bond donors (Lipinski definition) is 0. The lowest BCUT2D eigenvalue weighted by Crippen LogP contribution is -2.31. The quantitative estimate of drug-likeness (QED) is 0.153. The molecule has 6 aromatic rings. The Morgan fingerprint density at radius 1 is 0.682 bits per heavy atom. The van der Waals surface area contributed by atoms with Crippen LogP contribution in [0.5, 0.6) is 0 Å². The van der Waals surface area contributed by atoms with Crippen molar-refractivity contribution in [2.45, 2.75) is 26.2 Å². The zero-order valence-electron chi connectivity index (χ0n) is 24.6. The summed E-state index contributed by atoms with van der Waals surface area (Å²) in [7, 11) is 0. The molecule has 0 unspecified atom stereocenters. The van der Waals surface area contributed by atoms with Crippen molar-refractivity contribution in [1.82, 2.24) is 0 Å². The van der Waals surface area contributed by atoms with Crippen molar-refractivity contribution in [2.75, 3.05) is 4.90 Å². The van der Waals surface area contributed by atoms with Crippen LogP contribution in [0.2, 0.25) is 0 Å². The maximum absolute atomic E-state index is 14.3. The lowest BCUT2D eigenvalue weighted by atomic mass is 9.71. The maximum atomic E-state index is 14.3. The van der Waals surface area contributed by atoms with Crippen molar-refractivity contribution < 1.29 is 14.0 Å². The van der Waals surface area contributed by atoms with Gasteiger partial charge < -0.3 is 4.90 Å². The summed E-state index contributed by atoms with van der Waals surface area (Å²) in [6.45, 7) is 6.27. The molecule has 0 fully saturated rings. The van der Waals surface area contributed by atoms with Crippen LogP contribution in [-0.2, 0) is 5.41 Å². The number of aryl methyl sites for hydroxylation is 1. The number of carbonyl (C=O) groups is 2. The minimum Gasteiger partial charge on any atom is -0.310 e. The summed E-state index contributed by atoms with van der Waals surface area (Å²) in [6, 6.07) is 35.4. The van der Waals surface area contributed by atoms with Crippen LogP contribution >= 0.6 is 0 Å². The standard InChI is InChI=1S/C40H28FNO2/c1-23-18-28(14-16-34(23)41)42-35-11-7-6-10-33(35)40(2,3)37-29-15-12-24(19-27(29)13-17-36(37)42)20-32-38(43)30-21-25-8-4-5-9-26(25)22-31(30)39(32)44/h4-22H,1-3H3. The highest BCUT2D eigenvalue weighted by Gasteiger charge is 2.38. The summed E-state index contributed by atoms with van der Waals surface area (Å²) in [6.07, 6.45) is 1.72. The molecule has 0 saturated heterocycles. The topological polar surface area (TPSA) is 37.4 Å². The number of allylic oxidation sites excluding steroid dienone is 1. The lowest BCUT2D eigenvalue weighted by molar-refractivity contribution is 0.0990. The minimum atomic E-state index is -0.321. The molecule has 8 rings (SSSR count). The van der Waals surface area contributed by atoms with Crippen molar-refractivity contribution in [3.05, 3.63) is 154 Å². The van der Waals surface area contributed by atoms with E-state index in [0.29, 0.717) is 16.7 Å². The fourth-order valence-electron chi connectivity index (χ4n) is 7.08. The Balaban J connectivity index is 1.27. The van der Waals surface area contributed by atoms with E-state index >= 15 is 0 Å². The predicted octanol–water partition coefficient (Wildman–Crippen LogP) is 10.0. The number of ketones is 2. The molecule has 0 N–H and O–H groups in total. The van der Waals surface area contributed by atoms with E-state index in [-0.39, 0.29) is 28.4 Å². The third-order valence-electron chi connectivity index (χ3n) is 9.28. The first kappa shape index (κ1) is 26.3. The Labute approximate surface area is 254 Å². The number of Topliss-reactive ketones (excluding diaryl/α,β-unsaturated/α-hetero) is 2. The summed E-state index contributed by atoms with van der Waals surface area (Å²) in [4.78, 5) is 29.0. The summed E-state index contributed by atoms with van der Waals surface area (Å²) >= 11 is 0. The monoisotopic (exact) mass is 573 g/mol. The molecule has 0 aromatic heterocycles. The van der Waals surface area contributed by atoms with Crippen LogP contribution in [0.25, 0.3) is 27.6 Å². The molecule has 0 amide bonds. The average molecular weight is 574 g/mol. The number of rotatable bonds is 2. The number of benzene rings is 6. The van der Waals surface area contributed by atoms with Crippen molar-refractivity contribution in [1.29, 1.82) is 0 Å². The average Bonchev–Trinajstić information content (AvgIpc) is 3.25. The molecule has 0 atom stereocenters. The Kier molecular flexibility index (Phi) is 5.57. The van der Waals surface area contributed by atoms with Gasteiger partial charge in [-0.3, -0.25) is 9.59 Å². The number of carbonyl (C=O) groups excluding carboxylic acids is 2. The van der Waals surface area contributed by atoms with Crippen molar-refractivity contribution in [3.63, 3.8) is 0 Å². The van der Waals surface area contributed by atoms with Gasteiger partial charge in [0.2, 0.25) is 0 Å². The third kappa shape index (κ3) is 3.74. The molecule has 0 saturated carbocycles. The zero-order valence-corrected chi connectivity index (χ0v) is 24.6. The van der Waals surface area contributed by atoms with E-state index in [2.05, 4.69) is 55.1 Å². The molecule has 44 heavy (non-hydrogen) atoms. The molecular weight excluding hydrogens is 545 g/mol. The van der Waals surface area contributed by atoms with E-state index in [1.54, 1.807) is 13.0 Å². The second-order valence-electron chi connectivity index (χ2n) is 12.3. The number of nitrogens with zero attached hydrogens (tertiary/aromatic N) is 1. The highest BCUT2D eigenvalue weighted by Crippen LogP contribution is 2.54. The first-order chi connectivity index (χ1) is 21.2. The molecule has 0 spiro atoms. The van der Waals surface area contributed by atoms with Gasteiger partial charge in [-0.05, 0) is 105 Å². The van der Waals surface area contributed by atoms with Gasteiger partial charge in [-0.2, -0.15) is 0 Å². The normalized spacial score (nSPS) is 15.0. The van der Waals surface area contributed by atoms with Crippen molar-refractivity contribution in [3.8, 4) is 0 Å². The molecule has 1 aliphatic carbocycles. The van der Waals surface area contributed by atoms with Crippen LogP contribution < -0.4 is 4.90 Å². The first-order valence-electron chi connectivity index (χ1n) is 14.8. The first-order valence-corrected chi connectivity index (χ1v) is 14.8. The van der Waals surface area contributed by atoms with E-state index in [9.17, 15) is 14.0 Å². The summed E-state index contributed by atoms with van der Waals surface area (Å²) in [5, 5.41) is 3.99. The number of anilines is 3. The molecule has 2 aliphatic rings. The van der Waals surface area contributed by atoms with Crippen LogP contribution in [0.4, 0.5) is 21.5 Å². The van der Waals surface area contributed by atoms with Gasteiger partial charge in [0.15, 0.2) is 11.6 Å². The highest BCUT2D eigenvalue weighted by atomic mass is 19.1. The fourth-order valence-corrected chi connectivity index (χ4v) is 7.08. The SMILES string of the molecule is Cc1cc(N2c3ccccc3C(C)(C)c3c2ccc2cc(C=C4C(=O)c5cc6ccccc6cc5C4=O)ccc32)ccc1F. The second kappa shape index (κ2) is 9.32. The Morgan fingerprint density at radius 2 is 1.36 bits per heavy atom. The van der Waals surface area contributed by atoms with Crippen LogP contribution in [0.3, 0.4) is 0 Å². The molecule has 0 bridgehead atoms. The molecule has 3 nitrogen and oxygen atoms in total. The molecule has 212 valence electrons. The maximum Gasteiger partial charge on any atom is 0.197 e. The van der Waals surface area contributed by atoms with Gasteiger partial charge in [0, 0.05) is 22.2 Å². The van der Waals surface area contributed by atoms with Crippen molar-refractivity contribution >= 4 is 56.2 Å². The molecule has 1 heterocycles. The van der Waals surface area contributed by atoms with Gasteiger partial charge in [0.25, 0.3) is 0 Å². The second-order valence-corrected chi connectivity index (χ2v) is 12.3. The third-order valence-corrected chi connectivity index (χ3v) is 9.28. The lowest BCUT2D eigenvalue weighted by Gasteiger charge is -2.42. The smallest absolute Gasteiger partial charge is 0.197 e. The van der Waals surface area contributed by atoms with E-state index in [1.807, 2.05) is 66.7 Å². The Hall–Kier alpha value is -5.35. The largest absolute Gasteiger partial charge is 0.310 e. The summed E-state index contributed by atoms with van der Waals surface area (Å²) < 4.78 is 14.3. The summed E-state index contributed by atoms with van der Waals surface area (Å²) in [5.41, 5.74) is 7.56. The predicted molar refractivity (Wildman–Crippen MR) is 176 cm³/mol. The van der Waals surface area contributed by atoms with Gasteiger partial charge in [0.1, 0.15) is 5.82 Å². The Bertz CT molecular complexity index is 2220. The fraction of sp³-hybridized carbons (Fsp3) is 0.100. The van der Waals surface area contributed by atoms with E-state index < -0.39 is 0 Å². The number of halogens is 1. The molecule has 1 aliphatic heterocycles. The number of hydrogen-bond acceptors (Lipinski definition) is 3. The van der Waals surface area contributed by atoms with Crippen LogP contribution in [-0.4, -0.2) is 11.6 Å². The molecule has 4 heteroatoms. The van der Waals surface area contributed by atoms with Gasteiger partial charge in [-0.1, -0.05) is 74.5 Å². The molecule has 6 aromatic carbocycles. The molecule has 0 radical (unpaired) electrons. The van der Waals surface area contributed by atoms with Crippen LogP contribution in [0, 0.1) is 12.7 Å². The van der Waals surface area contributed by atoms with Crippen LogP contribution in [0.15, 0.2) is 115 Å². The van der Waals surface area contributed by atoms with Crippen molar-refractivity contribution in [2.24, 2.45) is 0 Å². The van der Waals surface area contributed by atoms with Gasteiger partial charge in [0.05, 0.1) is 16.9 Å². The van der Waals surface area contributed by atoms with Crippen LogP contribution in [0.1, 0.15) is 56.8 Å². The summed E-state index contributed by atoms with van der Waals surface area (Å²) in [5.74, 6) is -0.691. The van der Waals surface area contributed by atoms with E-state index in [1.165, 1.54) is 17.2 Å². The highest BCUT2D eigenvalue weighted by molar-refractivity contribution is 6.42. The van der Waals surface area contributed by atoms with Gasteiger partial charge in [-0.15, -0.1) is 0 Å².